The van der Waals surface area contributed by atoms with Gasteiger partial charge in [0.05, 0.1) is 14.2 Å². The Morgan fingerprint density at radius 3 is 2.35 bits per heavy atom. The molecule has 2 atom stereocenters. The Morgan fingerprint density at radius 1 is 1.29 bits per heavy atom. The van der Waals surface area contributed by atoms with E-state index in [2.05, 4.69) is 9.47 Å². The minimum atomic E-state index is -0.838. The molecular formula is C9H12ClNO5S. The first kappa shape index (κ1) is 14.1. The molecule has 0 aliphatic carbocycles. The molecule has 1 aliphatic rings. The maximum Gasteiger partial charge on any atom is 0.339 e. The van der Waals surface area contributed by atoms with Crippen molar-refractivity contribution in [1.29, 1.82) is 0 Å². The summed E-state index contributed by atoms with van der Waals surface area (Å²) in [7, 11) is 2.44. The number of methoxy groups -OCH3 is 2. The van der Waals surface area contributed by atoms with Crippen molar-refractivity contribution in [2.45, 2.75) is 11.4 Å². The molecule has 0 unspecified atom stereocenters. The Kier molecular flexibility index (Phi) is 5.07. The van der Waals surface area contributed by atoms with Crippen LogP contribution in [0.3, 0.4) is 0 Å². The van der Waals surface area contributed by atoms with Gasteiger partial charge in [0.1, 0.15) is 11.9 Å². The van der Waals surface area contributed by atoms with E-state index in [1.807, 2.05) is 0 Å². The molecule has 1 aliphatic heterocycles. The van der Waals surface area contributed by atoms with Gasteiger partial charge in [0.25, 0.3) is 0 Å². The van der Waals surface area contributed by atoms with Gasteiger partial charge in [-0.2, -0.15) is 0 Å². The molecule has 0 aromatic carbocycles. The van der Waals surface area contributed by atoms with Crippen LogP contribution in [0.25, 0.3) is 0 Å². The van der Waals surface area contributed by atoms with Crippen molar-refractivity contribution in [3.63, 3.8) is 0 Å². The molecule has 0 aromatic rings. The van der Waals surface area contributed by atoms with Crippen LogP contribution in [0.5, 0.6) is 0 Å². The Morgan fingerprint density at radius 2 is 1.88 bits per heavy atom. The third-order valence-corrected chi connectivity index (χ3v) is 3.75. The second-order valence-corrected chi connectivity index (χ2v) is 4.56. The molecule has 0 radical (unpaired) electrons. The summed E-state index contributed by atoms with van der Waals surface area (Å²) in [5.74, 6) is -1.67. The highest BCUT2D eigenvalue weighted by molar-refractivity contribution is 8.00. The first-order valence-electron chi connectivity index (χ1n) is 4.71. The zero-order valence-electron chi connectivity index (χ0n) is 9.34. The van der Waals surface area contributed by atoms with E-state index in [9.17, 15) is 14.4 Å². The highest BCUT2D eigenvalue weighted by Crippen LogP contribution is 2.30. The van der Waals surface area contributed by atoms with Crippen LogP contribution in [-0.2, 0) is 23.9 Å². The number of hydrogen-bond acceptors (Lipinski definition) is 6. The molecule has 1 saturated heterocycles. The predicted molar refractivity (Wildman–Crippen MR) is 61.6 cm³/mol. The SMILES string of the molecule is COC(=O)[C@H]1CS[C@H](C(=O)OC)N1C(=O)CCl. The van der Waals surface area contributed by atoms with Crippen molar-refractivity contribution in [3.8, 4) is 0 Å². The largest absolute Gasteiger partial charge is 0.467 e. The average Bonchev–Trinajstić information content (AvgIpc) is 2.80. The minimum Gasteiger partial charge on any atom is -0.467 e. The molecule has 1 fully saturated rings. The monoisotopic (exact) mass is 281 g/mol. The first-order chi connectivity index (χ1) is 8.06. The van der Waals surface area contributed by atoms with Crippen LogP contribution in [-0.4, -0.2) is 60.0 Å². The average molecular weight is 282 g/mol. The van der Waals surface area contributed by atoms with Gasteiger partial charge < -0.3 is 14.4 Å². The molecule has 0 aromatic heterocycles. The van der Waals surface area contributed by atoms with Crippen molar-refractivity contribution in [2.75, 3.05) is 25.9 Å². The lowest BCUT2D eigenvalue weighted by Gasteiger charge is -2.25. The zero-order chi connectivity index (χ0) is 13.0. The molecule has 1 heterocycles. The molecule has 8 heteroatoms. The lowest BCUT2D eigenvalue weighted by Crippen LogP contribution is -2.49. The fourth-order valence-electron chi connectivity index (χ4n) is 1.48. The summed E-state index contributed by atoms with van der Waals surface area (Å²) >= 11 is 6.60. The number of halogens is 1. The molecule has 1 rings (SSSR count). The summed E-state index contributed by atoms with van der Waals surface area (Å²) in [6, 6.07) is -0.791. The quantitative estimate of drug-likeness (QED) is 0.529. The summed E-state index contributed by atoms with van der Waals surface area (Å²) in [5.41, 5.74) is 0. The lowest BCUT2D eigenvalue weighted by atomic mass is 10.2. The molecule has 0 saturated carbocycles. The Balaban J connectivity index is 2.93. The van der Waals surface area contributed by atoms with Gasteiger partial charge in [0.15, 0.2) is 5.37 Å². The topological polar surface area (TPSA) is 72.9 Å². The van der Waals surface area contributed by atoms with Crippen LogP contribution in [0, 0.1) is 0 Å². The van der Waals surface area contributed by atoms with Gasteiger partial charge in [-0.15, -0.1) is 23.4 Å². The fraction of sp³-hybridized carbons (Fsp3) is 0.667. The van der Waals surface area contributed by atoms with Gasteiger partial charge in [0.2, 0.25) is 5.91 Å². The van der Waals surface area contributed by atoms with Crippen molar-refractivity contribution in [3.05, 3.63) is 0 Å². The molecule has 6 nitrogen and oxygen atoms in total. The normalized spacial score (nSPS) is 23.4. The number of amides is 1. The van der Waals surface area contributed by atoms with E-state index in [-0.39, 0.29) is 11.6 Å². The molecule has 0 bridgehead atoms. The number of carbonyl (C=O) groups is 3. The van der Waals surface area contributed by atoms with E-state index >= 15 is 0 Å². The van der Waals surface area contributed by atoms with Crippen molar-refractivity contribution < 1.29 is 23.9 Å². The summed E-state index contributed by atoms with van der Waals surface area (Å²) in [5, 5.41) is -0.838. The molecule has 96 valence electrons. The maximum absolute atomic E-state index is 11.6. The number of hydrogen-bond donors (Lipinski definition) is 0. The number of esters is 2. The van der Waals surface area contributed by atoms with Gasteiger partial charge in [-0.1, -0.05) is 0 Å². The van der Waals surface area contributed by atoms with Crippen LogP contribution in [0.15, 0.2) is 0 Å². The van der Waals surface area contributed by atoms with Crippen LogP contribution < -0.4 is 0 Å². The number of ether oxygens (including phenoxy) is 2. The summed E-state index contributed by atoms with van der Waals surface area (Å²) in [6.07, 6.45) is 0. The zero-order valence-corrected chi connectivity index (χ0v) is 10.9. The minimum absolute atomic E-state index is 0.287. The lowest BCUT2D eigenvalue weighted by molar-refractivity contribution is -0.155. The van der Waals surface area contributed by atoms with E-state index < -0.39 is 29.3 Å². The van der Waals surface area contributed by atoms with Crippen LogP contribution in [0.4, 0.5) is 0 Å². The van der Waals surface area contributed by atoms with Gasteiger partial charge in [-0.3, -0.25) is 4.79 Å². The van der Waals surface area contributed by atoms with Crippen LogP contribution >= 0.6 is 23.4 Å². The molecular weight excluding hydrogens is 270 g/mol. The number of alkyl halides is 1. The molecule has 0 N–H and O–H groups in total. The van der Waals surface area contributed by atoms with Crippen molar-refractivity contribution >= 4 is 41.2 Å². The second kappa shape index (κ2) is 6.11. The Hall–Kier alpha value is -0.950. The molecule has 17 heavy (non-hydrogen) atoms. The smallest absolute Gasteiger partial charge is 0.339 e. The third-order valence-electron chi connectivity index (χ3n) is 2.28. The second-order valence-electron chi connectivity index (χ2n) is 3.18. The molecule has 0 spiro atoms. The standard InChI is InChI=1S/C9H12ClNO5S/c1-15-8(13)5-4-17-7(9(14)16-2)11(5)6(12)3-10/h5,7H,3-4H2,1-2H3/t5-,7-/m1/s1. The van der Waals surface area contributed by atoms with E-state index in [0.29, 0.717) is 0 Å². The van der Waals surface area contributed by atoms with E-state index in [4.69, 9.17) is 11.6 Å². The fourth-order valence-corrected chi connectivity index (χ4v) is 2.94. The Bertz CT molecular complexity index is 313. The number of thioether (sulfide) groups is 1. The van der Waals surface area contributed by atoms with Crippen LogP contribution in [0.2, 0.25) is 0 Å². The summed E-state index contributed by atoms with van der Waals surface area (Å²) in [4.78, 5) is 35.7. The molecule has 1 amide bonds. The van der Waals surface area contributed by atoms with E-state index in [1.165, 1.54) is 14.2 Å². The first-order valence-corrected chi connectivity index (χ1v) is 6.29. The summed E-state index contributed by atoms with van der Waals surface area (Å²) < 4.78 is 9.15. The highest BCUT2D eigenvalue weighted by Gasteiger charge is 2.45. The predicted octanol–water partition coefficient (Wildman–Crippen LogP) is -0.159. The van der Waals surface area contributed by atoms with E-state index in [1.54, 1.807) is 0 Å². The van der Waals surface area contributed by atoms with Crippen molar-refractivity contribution in [1.82, 2.24) is 4.90 Å². The Labute approximate surface area is 108 Å². The van der Waals surface area contributed by atoms with Crippen molar-refractivity contribution in [2.24, 2.45) is 0 Å². The third kappa shape index (κ3) is 2.84. The van der Waals surface area contributed by atoms with Crippen LogP contribution in [0.1, 0.15) is 0 Å². The number of nitrogens with zero attached hydrogens (tertiary/aromatic N) is 1. The van der Waals surface area contributed by atoms with Gasteiger partial charge in [-0.05, 0) is 0 Å². The number of carbonyl (C=O) groups excluding carboxylic acids is 3. The highest BCUT2D eigenvalue weighted by atomic mass is 35.5. The van der Waals surface area contributed by atoms with Gasteiger partial charge >= 0.3 is 11.9 Å². The van der Waals surface area contributed by atoms with E-state index in [0.717, 1.165) is 16.7 Å². The van der Waals surface area contributed by atoms with Gasteiger partial charge in [0, 0.05) is 5.75 Å². The summed E-state index contributed by atoms with van der Waals surface area (Å²) in [6.45, 7) is 0. The number of rotatable bonds is 3. The maximum atomic E-state index is 11.6. The van der Waals surface area contributed by atoms with Gasteiger partial charge in [-0.25, -0.2) is 9.59 Å².